The second-order valence-electron chi connectivity index (χ2n) is 14.6. The van der Waals surface area contributed by atoms with Gasteiger partial charge < -0.3 is 9.13 Å². The number of hydrogen-bond acceptors (Lipinski definition) is 2. The van der Waals surface area contributed by atoms with E-state index in [0.717, 1.165) is 34.0 Å². The van der Waals surface area contributed by atoms with Gasteiger partial charge in [0.2, 0.25) is 0 Å². The second-order valence-corrected chi connectivity index (χ2v) is 18.9. The molecule has 0 atom stereocenters. The Balaban J connectivity index is 1.17. The lowest BCUT2D eigenvalue weighted by Crippen LogP contribution is -2.50. The van der Waals surface area contributed by atoms with Gasteiger partial charge in [-0.05, 0) is 53.2 Å². The maximum Gasteiger partial charge on any atom is 0.159 e. The average Bonchev–Trinajstić information content (AvgIpc) is 3.81. The summed E-state index contributed by atoms with van der Waals surface area (Å²) in [6.07, 6.45) is 0. The van der Waals surface area contributed by atoms with Crippen LogP contribution in [0.4, 0.5) is 0 Å². The van der Waals surface area contributed by atoms with Gasteiger partial charge in [-0.2, -0.15) is 0 Å². The molecule has 0 saturated carbocycles. The van der Waals surface area contributed by atoms with E-state index in [-0.39, 0.29) is 0 Å². The van der Waals surface area contributed by atoms with Crippen LogP contribution in [-0.4, -0.2) is 27.2 Å². The van der Waals surface area contributed by atoms with E-state index in [1.54, 1.807) is 0 Å². The van der Waals surface area contributed by atoms with E-state index in [1.807, 2.05) is 0 Å². The molecule has 0 radical (unpaired) electrons. The van der Waals surface area contributed by atoms with Crippen molar-refractivity contribution < 1.29 is 0 Å². The van der Waals surface area contributed by atoms with Gasteiger partial charge in [0, 0.05) is 54.9 Å². The highest BCUT2D eigenvalue weighted by atomic mass is 28.3. The van der Waals surface area contributed by atoms with Crippen LogP contribution in [0.1, 0.15) is 0 Å². The molecule has 4 nitrogen and oxygen atoms in total. The molecule has 0 saturated heterocycles. The molecule has 1 aliphatic rings. The maximum atomic E-state index is 5.47. The molecule has 53 heavy (non-hydrogen) atoms. The minimum absolute atomic E-state index is 0.769. The summed E-state index contributed by atoms with van der Waals surface area (Å²) in [5, 5.41) is 7.61. The Morgan fingerprint density at radius 2 is 1.11 bits per heavy atom. The van der Waals surface area contributed by atoms with Crippen LogP contribution in [0.2, 0.25) is 13.1 Å². The van der Waals surface area contributed by atoms with Crippen molar-refractivity contribution in [2.75, 3.05) is 0 Å². The van der Waals surface area contributed by atoms with Gasteiger partial charge in [0.05, 0.1) is 27.8 Å². The van der Waals surface area contributed by atoms with Gasteiger partial charge in [-0.1, -0.05) is 140 Å². The third kappa shape index (κ3) is 4.29. The summed E-state index contributed by atoms with van der Waals surface area (Å²) in [4.78, 5) is 10.9. The molecule has 250 valence electrons. The zero-order valence-electron chi connectivity index (χ0n) is 29.5. The molecule has 0 bridgehead atoms. The molecule has 1 aliphatic heterocycles. The van der Waals surface area contributed by atoms with E-state index in [1.165, 1.54) is 65.2 Å². The molecule has 0 N–H and O–H groups in total. The molecule has 10 aromatic rings. The number of aromatic nitrogens is 4. The van der Waals surface area contributed by atoms with Crippen LogP contribution in [0.15, 0.2) is 170 Å². The van der Waals surface area contributed by atoms with E-state index in [4.69, 9.17) is 9.97 Å². The summed E-state index contributed by atoms with van der Waals surface area (Å²) in [5.74, 6) is 0.769. The Labute approximate surface area is 308 Å². The van der Waals surface area contributed by atoms with Gasteiger partial charge in [0.25, 0.3) is 0 Å². The molecule has 0 fully saturated rings. The summed E-state index contributed by atoms with van der Waals surface area (Å²) in [7, 11) is -2.08. The number of para-hydroxylation sites is 3. The van der Waals surface area contributed by atoms with Crippen molar-refractivity contribution >= 4 is 62.2 Å². The van der Waals surface area contributed by atoms with Crippen molar-refractivity contribution in [3.8, 4) is 45.1 Å². The van der Waals surface area contributed by atoms with Gasteiger partial charge >= 0.3 is 0 Å². The first kappa shape index (κ1) is 30.1. The molecule has 0 amide bonds. The molecular weight excluding hydrogens is 661 g/mol. The van der Waals surface area contributed by atoms with E-state index in [0.29, 0.717) is 0 Å². The third-order valence-corrected chi connectivity index (χ3v) is 14.6. The van der Waals surface area contributed by atoms with Crippen molar-refractivity contribution in [3.63, 3.8) is 0 Å². The molecular formula is C48H34N4Si. The summed E-state index contributed by atoms with van der Waals surface area (Å²) < 4.78 is 4.86. The average molecular weight is 695 g/mol. The van der Waals surface area contributed by atoms with Crippen LogP contribution >= 0.6 is 0 Å². The number of hydrogen-bond donors (Lipinski definition) is 0. The number of benzene rings is 7. The molecule has 0 spiro atoms. The Kier molecular flexibility index (Phi) is 6.37. The highest BCUT2D eigenvalue weighted by molar-refractivity contribution is 7.03. The molecule has 0 aliphatic carbocycles. The van der Waals surface area contributed by atoms with E-state index in [2.05, 4.69) is 192 Å². The molecule has 11 rings (SSSR count). The fraction of sp³-hybridized carbons (Fsp3) is 0.0417. The third-order valence-electron chi connectivity index (χ3n) is 11.3. The normalized spacial score (nSPS) is 13.2. The highest BCUT2D eigenvalue weighted by Crippen LogP contribution is 2.42. The monoisotopic (exact) mass is 694 g/mol. The minimum Gasteiger partial charge on any atom is -0.309 e. The van der Waals surface area contributed by atoms with Crippen LogP contribution in [0, 0.1) is 0 Å². The van der Waals surface area contributed by atoms with Crippen molar-refractivity contribution in [1.82, 2.24) is 19.1 Å². The van der Waals surface area contributed by atoms with Crippen molar-refractivity contribution in [2.24, 2.45) is 0 Å². The van der Waals surface area contributed by atoms with Crippen LogP contribution in [-0.2, 0) is 0 Å². The first-order chi connectivity index (χ1) is 26.1. The molecule has 4 heterocycles. The Hall–Kier alpha value is -6.56. The molecule has 7 aromatic carbocycles. The summed E-state index contributed by atoms with van der Waals surface area (Å²) >= 11 is 0. The number of fused-ring (bicyclic) bond motifs is 10. The van der Waals surface area contributed by atoms with Crippen LogP contribution in [0.5, 0.6) is 0 Å². The molecule has 0 unspecified atom stereocenters. The summed E-state index contributed by atoms with van der Waals surface area (Å²) in [6, 6.07) is 61.2. The van der Waals surface area contributed by atoms with Gasteiger partial charge in [-0.15, -0.1) is 0 Å². The van der Waals surface area contributed by atoms with Crippen molar-refractivity contribution in [3.05, 3.63) is 170 Å². The Morgan fingerprint density at radius 1 is 0.472 bits per heavy atom. The summed E-state index contributed by atoms with van der Waals surface area (Å²) in [6.45, 7) is 4.85. The second kappa shape index (κ2) is 11.2. The number of rotatable bonds is 4. The topological polar surface area (TPSA) is 35.6 Å². The molecule has 5 heteroatoms. The lowest BCUT2D eigenvalue weighted by molar-refractivity contribution is 1.16. The first-order valence-electron chi connectivity index (χ1n) is 18.3. The Morgan fingerprint density at radius 3 is 1.92 bits per heavy atom. The van der Waals surface area contributed by atoms with Gasteiger partial charge in [-0.3, -0.25) is 0 Å². The summed E-state index contributed by atoms with van der Waals surface area (Å²) in [5.41, 5.74) is 12.6. The smallest absolute Gasteiger partial charge is 0.159 e. The van der Waals surface area contributed by atoms with E-state index >= 15 is 0 Å². The largest absolute Gasteiger partial charge is 0.309 e. The van der Waals surface area contributed by atoms with Crippen molar-refractivity contribution in [2.45, 2.75) is 13.1 Å². The quantitative estimate of drug-likeness (QED) is 0.172. The zero-order chi connectivity index (χ0) is 35.3. The van der Waals surface area contributed by atoms with Crippen LogP contribution in [0.25, 0.3) is 88.8 Å². The molecule has 3 aromatic heterocycles. The van der Waals surface area contributed by atoms with Gasteiger partial charge in [-0.25, -0.2) is 9.97 Å². The van der Waals surface area contributed by atoms with Crippen molar-refractivity contribution in [1.29, 1.82) is 0 Å². The van der Waals surface area contributed by atoms with Gasteiger partial charge in [0.1, 0.15) is 8.07 Å². The SMILES string of the molecule is C[Si]1(C)c2ccccc2-c2c(-c3ccccc3)nc(-c3cccc(-n4c5ccccc5c5c4ccc4c6ccccc6n(-c6ccccc6)c45)c3)nc21. The highest BCUT2D eigenvalue weighted by Gasteiger charge is 2.41. The fourth-order valence-electron chi connectivity index (χ4n) is 8.89. The van der Waals surface area contributed by atoms with Crippen LogP contribution in [0.3, 0.4) is 0 Å². The van der Waals surface area contributed by atoms with Crippen LogP contribution < -0.4 is 10.5 Å². The minimum atomic E-state index is -2.08. The zero-order valence-corrected chi connectivity index (χ0v) is 30.5. The van der Waals surface area contributed by atoms with E-state index in [9.17, 15) is 0 Å². The van der Waals surface area contributed by atoms with Gasteiger partial charge in [0.15, 0.2) is 5.82 Å². The Bertz CT molecular complexity index is 3080. The number of nitrogens with zero attached hydrogens (tertiary/aromatic N) is 4. The first-order valence-corrected chi connectivity index (χ1v) is 21.3. The predicted molar refractivity (Wildman–Crippen MR) is 224 cm³/mol. The standard InChI is InChI=1S/C48H34N4Si/c1-53(2)42-27-14-11-24-38(42)44-45(31-16-5-3-6-17-31)49-47(50-48(44)53)32-18-15-21-34(30-32)51-40-26-13-10-23-37(40)43-41(51)29-28-36-35-22-9-12-25-39(35)52(46(36)43)33-19-7-4-8-20-33/h3-30H,1-2H3. The fourth-order valence-corrected chi connectivity index (χ4v) is 11.8. The predicted octanol–water partition coefficient (Wildman–Crippen LogP) is 10.8. The lowest BCUT2D eigenvalue weighted by atomic mass is 10.0. The maximum absolute atomic E-state index is 5.47. The lowest BCUT2D eigenvalue weighted by Gasteiger charge is -2.19. The van der Waals surface area contributed by atoms with E-state index < -0.39 is 8.07 Å².